The first-order valence-corrected chi connectivity index (χ1v) is 5.53. The van der Waals surface area contributed by atoms with Crippen LogP contribution in [0.5, 0.6) is 11.6 Å². The van der Waals surface area contributed by atoms with Gasteiger partial charge in [-0.15, -0.1) is 0 Å². The van der Waals surface area contributed by atoms with Crippen molar-refractivity contribution < 1.29 is 22.8 Å². The van der Waals surface area contributed by atoms with Gasteiger partial charge in [0.2, 0.25) is 11.7 Å². The number of halogens is 3. The maximum Gasteiger partial charge on any atom is 0.416 e. The van der Waals surface area contributed by atoms with E-state index in [2.05, 4.69) is 4.98 Å². The normalized spacial score (nSPS) is 11.2. The summed E-state index contributed by atoms with van der Waals surface area (Å²) in [7, 11) is 0. The van der Waals surface area contributed by atoms with E-state index in [1.807, 2.05) is 0 Å². The Kier molecular flexibility index (Phi) is 3.66. The van der Waals surface area contributed by atoms with Crippen molar-refractivity contribution in [3.8, 4) is 11.6 Å². The lowest BCUT2D eigenvalue weighted by atomic mass is 10.2. The molecule has 0 aliphatic heterocycles. The highest BCUT2D eigenvalue weighted by molar-refractivity contribution is 5.53. The predicted molar refractivity (Wildman–Crippen MR) is 66.8 cm³/mol. The minimum absolute atomic E-state index is 0.0575. The molecule has 0 bridgehead atoms. The molecular formula is C12H8F3N3O3. The fourth-order valence-corrected chi connectivity index (χ4v) is 1.49. The standard InChI is InChI=1S/C12H8F3N3O3/c13-12(14,15)7-1-3-8(4-2-7)21-10-6-5-9(18(19)20)11(16)17-10/h1-6H,(H2,16,17). The van der Waals surface area contributed by atoms with Gasteiger partial charge in [-0.1, -0.05) is 0 Å². The molecule has 0 spiro atoms. The van der Waals surface area contributed by atoms with Crippen LogP contribution < -0.4 is 10.5 Å². The molecule has 0 saturated carbocycles. The highest BCUT2D eigenvalue weighted by atomic mass is 19.4. The molecule has 2 N–H and O–H groups in total. The molecule has 1 aromatic carbocycles. The Labute approximate surface area is 116 Å². The summed E-state index contributed by atoms with van der Waals surface area (Å²) in [6.45, 7) is 0. The van der Waals surface area contributed by atoms with Crippen LogP contribution in [0.25, 0.3) is 0 Å². The second-order valence-electron chi connectivity index (χ2n) is 3.94. The second kappa shape index (κ2) is 5.27. The number of aromatic nitrogens is 1. The van der Waals surface area contributed by atoms with Crippen molar-refractivity contribution in [3.63, 3.8) is 0 Å². The summed E-state index contributed by atoms with van der Waals surface area (Å²) in [5, 5.41) is 10.6. The van der Waals surface area contributed by atoms with E-state index in [-0.39, 0.29) is 23.1 Å². The molecule has 0 amide bonds. The zero-order valence-electron chi connectivity index (χ0n) is 10.3. The van der Waals surface area contributed by atoms with Gasteiger partial charge in [-0.05, 0) is 24.3 Å². The van der Waals surface area contributed by atoms with Crippen LogP contribution in [0, 0.1) is 10.1 Å². The maximum absolute atomic E-state index is 12.4. The van der Waals surface area contributed by atoms with Gasteiger partial charge in [0.1, 0.15) is 5.75 Å². The highest BCUT2D eigenvalue weighted by Crippen LogP contribution is 2.31. The molecule has 2 aromatic rings. The van der Waals surface area contributed by atoms with Gasteiger partial charge < -0.3 is 10.5 Å². The van der Waals surface area contributed by atoms with Crippen LogP contribution >= 0.6 is 0 Å². The molecule has 0 radical (unpaired) electrons. The molecule has 2 rings (SSSR count). The molecule has 0 aliphatic carbocycles. The van der Waals surface area contributed by atoms with Crippen LogP contribution in [-0.4, -0.2) is 9.91 Å². The zero-order chi connectivity index (χ0) is 15.6. The fraction of sp³-hybridized carbons (Fsp3) is 0.0833. The number of pyridine rings is 1. The van der Waals surface area contributed by atoms with Crippen molar-refractivity contribution in [1.29, 1.82) is 0 Å². The van der Waals surface area contributed by atoms with E-state index in [9.17, 15) is 23.3 Å². The van der Waals surface area contributed by atoms with Gasteiger partial charge in [0.25, 0.3) is 0 Å². The molecule has 0 aliphatic rings. The molecule has 1 heterocycles. The predicted octanol–water partition coefficient (Wildman–Crippen LogP) is 3.38. The largest absolute Gasteiger partial charge is 0.439 e. The smallest absolute Gasteiger partial charge is 0.416 e. The molecule has 0 saturated heterocycles. The first-order chi connectivity index (χ1) is 9.77. The van der Waals surface area contributed by atoms with Gasteiger partial charge in [-0.3, -0.25) is 10.1 Å². The molecule has 9 heteroatoms. The average Bonchev–Trinajstić information content (AvgIpc) is 2.38. The Bertz CT molecular complexity index is 672. The van der Waals surface area contributed by atoms with Gasteiger partial charge in [0.05, 0.1) is 10.5 Å². The number of alkyl halides is 3. The third-order valence-corrected chi connectivity index (χ3v) is 2.48. The number of hydrogen-bond acceptors (Lipinski definition) is 5. The van der Waals surface area contributed by atoms with Crippen LogP contribution in [0.2, 0.25) is 0 Å². The summed E-state index contributed by atoms with van der Waals surface area (Å²) in [5.74, 6) is -0.300. The lowest BCUT2D eigenvalue weighted by molar-refractivity contribution is -0.384. The number of nitrogen functional groups attached to an aromatic ring is 1. The minimum atomic E-state index is -4.44. The number of hydrogen-bond donors (Lipinski definition) is 1. The Morgan fingerprint density at radius 3 is 2.24 bits per heavy atom. The van der Waals surface area contributed by atoms with E-state index in [0.717, 1.165) is 30.3 Å². The van der Waals surface area contributed by atoms with E-state index >= 15 is 0 Å². The molecule has 1 aromatic heterocycles. The molecular weight excluding hydrogens is 291 g/mol. The summed E-state index contributed by atoms with van der Waals surface area (Å²) in [6.07, 6.45) is -4.44. The lowest BCUT2D eigenvalue weighted by Crippen LogP contribution is -2.04. The van der Waals surface area contributed by atoms with E-state index in [1.54, 1.807) is 0 Å². The van der Waals surface area contributed by atoms with Gasteiger partial charge in [0, 0.05) is 12.1 Å². The molecule has 6 nitrogen and oxygen atoms in total. The van der Waals surface area contributed by atoms with Crippen LogP contribution in [0.3, 0.4) is 0 Å². The SMILES string of the molecule is Nc1nc(Oc2ccc(C(F)(F)F)cc2)ccc1[N+](=O)[O-]. The average molecular weight is 299 g/mol. The lowest BCUT2D eigenvalue weighted by Gasteiger charge is -2.08. The van der Waals surface area contributed by atoms with Crippen molar-refractivity contribution in [1.82, 2.24) is 4.98 Å². The molecule has 0 fully saturated rings. The quantitative estimate of drug-likeness (QED) is 0.693. The fourth-order valence-electron chi connectivity index (χ4n) is 1.49. The first-order valence-electron chi connectivity index (χ1n) is 5.53. The third kappa shape index (κ3) is 3.38. The summed E-state index contributed by atoms with van der Waals surface area (Å²) < 4.78 is 42.3. The van der Waals surface area contributed by atoms with Crippen LogP contribution in [0.15, 0.2) is 36.4 Å². The molecule has 110 valence electrons. The topological polar surface area (TPSA) is 91.3 Å². The summed E-state index contributed by atoms with van der Waals surface area (Å²) >= 11 is 0. The number of nitrogens with two attached hydrogens (primary N) is 1. The summed E-state index contributed by atoms with van der Waals surface area (Å²) in [6, 6.07) is 6.23. The van der Waals surface area contributed by atoms with Crippen LogP contribution in [0.4, 0.5) is 24.7 Å². The maximum atomic E-state index is 12.4. The number of benzene rings is 1. The molecule has 21 heavy (non-hydrogen) atoms. The van der Waals surface area contributed by atoms with E-state index in [0.29, 0.717) is 0 Å². The van der Waals surface area contributed by atoms with E-state index < -0.39 is 16.7 Å². The van der Waals surface area contributed by atoms with Crippen LogP contribution in [0.1, 0.15) is 5.56 Å². The van der Waals surface area contributed by atoms with Gasteiger partial charge in [-0.25, -0.2) is 0 Å². The zero-order valence-corrected chi connectivity index (χ0v) is 10.3. The number of anilines is 1. The minimum Gasteiger partial charge on any atom is -0.439 e. The summed E-state index contributed by atoms with van der Waals surface area (Å²) in [5.41, 5.74) is 4.18. The van der Waals surface area contributed by atoms with Crippen molar-refractivity contribution in [3.05, 3.63) is 52.1 Å². The number of ether oxygens (including phenoxy) is 1. The number of nitro groups is 1. The molecule has 0 atom stereocenters. The Hall–Kier alpha value is -2.84. The second-order valence-corrected chi connectivity index (χ2v) is 3.94. The van der Waals surface area contributed by atoms with Gasteiger partial charge >= 0.3 is 11.9 Å². The summed E-state index contributed by atoms with van der Waals surface area (Å²) in [4.78, 5) is 13.5. The number of nitrogens with zero attached hydrogens (tertiary/aromatic N) is 2. The van der Waals surface area contributed by atoms with E-state index in [1.165, 1.54) is 6.07 Å². The Morgan fingerprint density at radius 1 is 1.14 bits per heavy atom. The third-order valence-electron chi connectivity index (χ3n) is 2.48. The Balaban J connectivity index is 2.19. The van der Waals surface area contributed by atoms with E-state index in [4.69, 9.17) is 10.5 Å². The number of rotatable bonds is 3. The van der Waals surface area contributed by atoms with Crippen molar-refractivity contribution in [2.24, 2.45) is 0 Å². The van der Waals surface area contributed by atoms with Crippen molar-refractivity contribution >= 4 is 11.5 Å². The monoisotopic (exact) mass is 299 g/mol. The van der Waals surface area contributed by atoms with Gasteiger partial charge in [0.15, 0.2) is 0 Å². The van der Waals surface area contributed by atoms with Crippen molar-refractivity contribution in [2.75, 3.05) is 5.73 Å². The highest BCUT2D eigenvalue weighted by Gasteiger charge is 2.30. The van der Waals surface area contributed by atoms with Crippen LogP contribution in [-0.2, 0) is 6.18 Å². The van der Waals surface area contributed by atoms with Gasteiger partial charge in [-0.2, -0.15) is 18.2 Å². The Morgan fingerprint density at radius 2 is 1.76 bits per heavy atom. The first kappa shape index (κ1) is 14.6. The molecule has 0 unspecified atom stereocenters. The van der Waals surface area contributed by atoms with Crippen molar-refractivity contribution in [2.45, 2.75) is 6.18 Å².